The summed E-state index contributed by atoms with van der Waals surface area (Å²) in [7, 11) is 0. The first-order chi connectivity index (χ1) is 8.06. The molecule has 5 nitrogen and oxygen atoms in total. The summed E-state index contributed by atoms with van der Waals surface area (Å²) in [6, 6.07) is 0. The molecule has 1 aliphatic rings. The molecule has 0 aliphatic carbocycles. The van der Waals surface area contributed by atoms with Gasteiger partial charge in [0.15, 0.2) is 0 Å². The van der Waals surface area contributed by atoms with Gasteiger partial charge < -0.3 is 14.7 Å². The lowest BCUT2D eigenvalue weighted by atomic mass is 9.78. The van der Waals surface area contributed by atoms with Crippen LogP contribution in [0.1, 0.15) is 34.1 Å². The van der Waals surface area contributed by atoms with Crippen LogP contribution in [0.5, 0.6) is 0 Å². The fourth-order valence-electron chi connectivity index (χ4n) is 1.82. The third-order valence-electron chi connectivity index (χ3n) is 3.09. The molecule has 0 radical (unpaired) electrons. The minimum Gasteiger partial charge on any atom is -0.481 e. The van der Waals surface area contributed by atoms with Crippen molar-refractivity contribution in [3.05, 3.63) is 12.2 Å². The summed E-state index contributed by atoms with van der Waals surface area (Å²) in [5.74, 6) is -0.958. The van der Waals surface area contributed by atoms with E-state index < -0.39 is 23.1 Å². The molecule has 0 unspecified atom stereocenters. The van der Waals surface area contributed by atoms with Crippen molar-refractivity contribution in [1.29, 1.82) is 0 Å². The zero-order chi connectivity index (χ0) is 14.1. The number of piperidine rings is 1. The summed E-state index contributed by atoms with van der Waals surface area (Å²) in [6.45, 7) is 11.3. The molecule has 1 N–H and O–H groups in total. The second kappa shape index (κ2) is 4.63. The highest BCUT2D eigenvalue weighted by Crippen LogP contribution is 2.34. The molecule has 0 spiro atoms. The molecular formula is C13H21NO4. The number of hydrogen-bond donors (Lipinski definition) is 1. The van der Waals surface area contributed by atoms with Gasteiger partial charge in [0, 0.05) is 13.1 Å². The molecule has 0 aromatic rings. The van der Waals surface area contributed by atoms with Crippen LogP contribution < -0.4 is 0 Å². The highest BCUT2D eigenvalue weighted by molar-refractivity contribution is 5.80. The van der Waals surface area contributed by atoms with Gasteiger partial charge in [-0.2, -0.15) is 0 Å². The van der Waals surface area contributed by atoms with Gasteiger partial charge in [0.2, 0.25) is 0 Å². The Morgan fingerprint density at radius 1 is 1.44 bits per heavy atom. The summed E-state index contributed by atoms with van der Waals surface area (Å²) in [4.78, 5) is 24.7. The van der Waals surface area contributed by atoms with Gasteiger partial charge in [-0.15, -0.1) is 0 Å². The fraction of sp³-hybridized carbons (Fsp3) is 0.692. The van der Waals surface area contributed by atoms with Gasteiger partial charge in [-0.3, -0.25) is 4.79 Å². The maximum absolute atomic E-state index is 11.9. The smallest absolute Gasteiger partial charge is 0.410 e. The fourth-order valence-corrected chi connectivity index (χ4v) is 1.82. The Bertz CT molecular complexity index is 383. The summed E-state index contributed by atoms with van der Waals surface area (Å²) < 4.78 is 5.25. The number of carboxylic acid groups (broad SMARTS) is 1. The largest absolute Gasteiger partial charge is 0.481 e. The molecule has 5 heteroatoms. The van der Waals surface area contributed by atoms with E-state index in [1.54, 1.807) is 27.7 Å². The number of carbonyl (C=O) groups excluding carboxylic acids is 1. The number of amides is 1. The van der Waals surface area contributed by atoms with Gasteiger partial charge in [-0.25, -0.2) is 4.79 Å². The van der Waals surface area contributed by atoms with Crippen molar-refractivity contribution in [1.82, 2.24) is 4.90 Å². The predicted octanol–water partition coefficient (Wildman–Crippen LogP) is 2.27. The second-order valence-electron chi connectivity index (χ2n) is 5.89. The highest BCUT2D eigenvalue weighted by Gasteiger charge is 2.43. The van der Waals surface area contributed by atoms with E-state index in [4.69, 9.17) is 4.74 Å². The van der Waals surface area contributed by atoms with Crippen LogP contribution in [0.4, 0.5) is 4.79 Å². The van der Waals surface area contributed by atoms with E-state index in [2.05, 4.69) is 6.58 Å². The molecule has 1 aliphatic heterocycles. The summed E-state index contributed by atoms with van der Waals surface area (Å²) in [5, 5.41) is 9.26. The molecule has 1 fully saturated rings. The molecule has 0 aromatic carbocycles. The van der Waals surface area contributed by atoms with Crippen LogP contribution in [0.3, 0.4) is 0 Å². The van der Waals surface area contributed by atoms with Gasteiger partial charge >= 0.3 is 12.1 Å². The molecule has 1 rings (SSSR count). The Kier molecular flexibility index (Phi) is 3.74. The van der Waals surface area contributed by atoms with Crippen LogP contribution in [-0.4, -0.2) is 40.8 Å². The molecule has 0 saturated carbocycles. The van der Waals surface area contributed by atoms with E-state index in [1.807, 2.05) is 0 Å². The Labute approximate surface area is 107 Å². The third kappa shape index (κ3) is 3.03. The standard InChI is InChI=1S/C13H21NO4/c1-9-6-7-14(8-13(9,5)10(15)16)11(17)18-12(2,3)4/h1,6-8H2,2-5H3,(H,15,16)/t13-/m1/s1. The van der Waals surface area contributed by atoms with Crippen LogP contribution in [0.25, 0.3) is 0 Å². The zero-order valence-corrected chi connectivity index (χ0v) is 11.4. The third-order valence-corrected chi connectivity index (χ3v) is 3.09. The Morgan fingerprint density at radius 2 is 2.00 bits per heavy atom. The van der Waals surface area contributed by atoms with E-state index in [1.165, 1.54) is 4.90 Å². The first kappa shape index (κ1) is 14.5. The maximum atomic E-state index is 11.9. The number of aliphatic carboxylic acids is 1. The first-order valence-corrected chi connectivity index (χ1v) is 5.96. The molecule has 1 saturated heterocycles. The maximum Gasteiger partial charge on any atom is 0.410 e. The normalized spacial score (nSPS) is 24.9. The molecule has 1 amide bonds. The van der Waals surface area contributed by atoms with Crippen LogP contribution >= 0.6 is 0 Å². The lowest BCUT2D eigenvalue weighted by molar-refractivity contribution is -0.147. The first-order valence-electron chi connectivity index (χ1n) is 5.96. The van der Waals surface area contributed by atoms with Gasteiger partial charge in [0.25, 0.3) is 0 Å². The number of carbonyl (C=O) groups is 2. The van der Waals surface area contributed by atoms with Crippen LogP contribution in [0, 0.1) is 5.41 Å². The van der Waals surface area contributed by atoms with E-state index in [-0.39, 0.29) is 6.54 Å². The zero-order valence-electron chi connectivity index (χ0n) is 11.4. The number of carboxylic acids is 1. The number of nitrogens with zero attached hydrogens (tertiary/aromatic N) is 1. The average Bonchev–Trinajstić information content (AvgIpc) is 2.19. The summed E-state index contributed by atoms with van der Waals surface area (Å²) in [6.07, 6.45) is 0.0182. The van der Waals surface area contributed by atoms with E-state index in [0.29, 0.717) is 18.5 Å². The van der Waals surface area contributed by atoms with Crippen molar-refractivity contribution >= 4 is 12.1 Å². The minimum atomic E-state index is -1.09. The van der Waals surface area contributed by atoms with Crippen molar-refractivity contribution in [3.8, 4) is 0 Å². The highest BCUT2D eigenvalue weighted by atomic mass is 16.6. The van der Waals surface area contributed by atoms with E-state index in [9.17, 15) is 14.7 Å². The lowest BCUT2D eigenvalue weighted by Gasteiger charge is -2.39. The molecule has 0 bridgehead atoms. The molecule has 18 heavy (non-hydrogen) atoms. The summed E-state index contributed by atoms with van der Waals surface area (Å²) >= 11 is 0. The van der Waals surface area contributed by atoms with Crippen molar-refractivity contribution in [2.45, 2.75) is 39.7 Å². The van der Waals surface area contributed by atoms with Crippen molar-refractivity contribution < 1.29 is 19.4 Å². The molecule has 1 atom stereocenters. The van der Waals surface area contributed by atoms with Crippen LogP contribution in [-0.2, 0) is 9.53 Å². The molecular weight excluding hydrogens is 234 g/mol. The van der Waals surface area contributed by atoms with E-state index in [0.717, 1.165) is 0 Å². The minimum absolute atomic E-state index is 0.107. The molecule has 1 heterocycles. The Hall–Kier alpha value is -1.52. The van der Waals surface area contributed by atoms with Gasteiger partial charge in [-0.1, -0.05) is 12.2 Å². The second-order valence-corrected chi connectivity index (χ2v) is 5.89. The predicted molar refractivity (Wildman–Crippen MR) is 67.3 cm³/mol. The van der Waals surface area contributed by atoms with Crippen molar-refractivity contribution in [3.63, 3.8) is 0 Å². The Morgan fingerprint density at radius 3 is 2.44 bits per heavy atom. The van der Waals surface area contributed by atoms with Gasteiger partial charge in [0.05, 0.1) is 0 Å². The number of ether oxygens (including phenoxy) is 1. The van der Waals surface area contributed by atoms with Crippen LogP contribution in [0.2, 0.25) is 0 Å². The van der Waals surface area contributed by atoms with Gasteiger partial charge in [0.1, 0.15) is 11.0 Å². The van der Waals surface area contributed by atoms with Crippen molar-refractivity contribution in [2.75, 3.05) is 13.1 Å². The number of likely N-dealkylation sites (tertiary alicyclic amines) is 1. The number of hydrogen-bond acceptors (Lipinski definition) is 3. The molecule has 0 aromatic heterocycles. The van der Waals surface area contributed by atoms with Crippen LogP contribution in [0.15, 0.2) is 12.2 Å². The van der Waals surface area contributed by atoms with E-state index >= 15 is 0 Å². The van der Waals surface area contributed by atoms with Gasteiger partial charge in [-0.05, 0) is 34.1 Å². The monoisotopic (exact) mass is 255 g/mol. The number of rotatable bonds is 1. The quantitative estimate of drug-likeness (QED) is 0.730. The average molecular weight is 255 g/mol. The summed E-state index contributed by atoms with van der Waals surface area (Å²) in [5.41, 5.74) is -1.02. The SMILES string of the molecule is C=C1CCN(C(=O)OC(C)(C)C)C[C@@]1(C)C(=O)O. The topological polar surface area (TPSA) is 66.8 Å². The lowest BCUT2D eigenvalue weighted by Crippen LogP contribution is -2.50. The Balaban J connectivity index is 2.80. The van der Waals surface area contributed by atoms with Crippen molar-refractivity contribution in [2.24, 2.45) is 5.41 Å². The molecule has 102 valence electrons.